The maximum absolute atomic E-state index is 11.5. The van der Waals surface area contributed by atoms with Crippen LogP contribution in [0.15, 0.2) is 0 Å². The first-order valence-electron chi connectivity index (χ1n) is 6.17. The van der Waals surface area contributed by atoms with Crippen molar-refractivity contribution in [2.24, 2.45) is 0 Å². The first-order chi connectivity index (χ1) is 7.48. The van der Waals surface area contributed by atoms with Gasteiger partial charge in [-0.2, -0.15) is 0 Å². The van der Waals surface area contributed by atoms with Gasteiger partial charge in [0.2, 0.25) is 0 Å². The van der Waals surface area contributed by atoms with E-state index in [0.717, 1.165) is 6.54 Å². The highest BCUT2D eigenvalue weighted by Gasteiger charge is 2.33. The predicted octanol–water partition coefficient (Wildman–Crippen LogP) is 0.246. The largest absolute Gasteiger partial charge is 0.313 e. The molecule has 0 saturated carbocycles. The minimum absolute atomic E-state index is 0.180. The summed E-state index contributed by atoms with van der Waals surface area (Å²) in [6.45, 7) is 5.96. The summed E-state index contributed by atoms with van der Waals surface area (Å²) < 4.78 is 23.0. The van der Waals surface area contributed by atoms with Gasteiger partial charge in [0.25, 0.3) is 0 Å². The van der Waals surface area contributed by atoms with Crippen LogP contribution in [0.5, 0.6) is 0 Å². The topological polar surface area (TPSA) is 49.4 Å². The molecule has 3 atom stereocenters. The molecule has 0 aromatic heterocycles. The van der Waals surface area contributed by atoms with Gasteiger partial charge in [-0.05, 0) is 26.7 Å². The van der Waals surface area contributed by atoms with E-state index in [4.69, 9.17) is 0 Å². The van der Waals surface area contributed by atoms with Crippen molar-refractivity contribution in [2.75, 3.05) is 24.6 Å². The highest BCUT2D eigenvalue weighted by molar-refractivity contribution is 7.91. The van der Waals surface area contributed by atoms with Crippen LogP contribution in [-0.2, 0) is 9.84 Å². The first kappa shape index (κ1) is 12.3. The standard InChI is InChI=1S/C11H22N2O2S/c1-9-3-4-11(7-12-9)13-5-6-16(14,15)8-10(13)2/h9-12H,3-8H2,1-2H3. The highest BCUT2D eigenvalue weighted by atomic mass is 32.2. The molecule has 94 valence electrons. The summed E-state index contributed by atoms with van der Waals surface area (Å²) in [6.07, 6.45) is 2.39. The van der Waals surface area contributed by atoms with Gasteiger partial charge in [-0.3, -0.25) is 4.90 Å². The Bertz CT molecular complexity index is 334. The van der Waals surface area contributed by atoms with Crippen molar-refractivity contribution in [3.63, 3.8) is 0 Å². The van der Waals surface area contributed by atoms with Gasteiger partial charge in [0.1, 0.15) is 0 Å². The van der Waals surface area contributed by atoms with E-state index in [0.29, 0.717) is 30.1 Å². The quantitative estimate of drug-likeness (QED) is 0.720. The van der Waals surface area contributed by atoms with Crippen molar-refractivity contribution in [2.45, 2.75) is 44.8 Å². The zero-order valence-electron chi connectivity index (χ0n) is 10.1. The number of nitrogens with one attached hydrogen (secondary N) is 1. The van der Waals surface area contributed by atoms with Crippen molar-refractivity contribution in [1.29, 1.82) is 0 Å². The summed E-state index contributed by atoms with van der Waals surface area (Å²) in [5, 5.41) is 3.48. The van der Waals surface area contributed by atoms with Crippen LogP contribution in [0.2, 0.25) is 0 Å². The van der Waals surface area contributed by atoms with E-state index >= 15 is 0 Å². The van der Waals surface area contributed by atoms with Crippen LogP contribution in [0.25, 0.3) is 0 Å². The second-order valence-corrected chi connectivity index (χ2v) is 7.47. The van der Waals surface area contributed by atoms with E-state index < -0.39 is 9.84 Å². The second kappa shape index (κ2) is 4.63. The van der Waals surface area contributed by atoms with Crippen LogP contribution in [0.3, 0.4) is 0 Å². The Hall–Kier alpha value is -0.130. The number of nitrogens with zero attached hydrogens (tertiary/aromatic N) is 1. The molecule has 2 fully saturated rings. The molecule has 2 aliphatic rings. The fourth-order valence-corrected chi connectivity index (χ4v) is 4.40. The van der Waals surface area contributed by atoms with E-state index in [9.17, 15) is 8.42 Å². The van der Waals surface area contributed by atoms with E-state index in [1.807, 2.05) is 6.92 Å². The molecule has 0 aromatic rings. The summed E-state index contributed by atoms with van der Waals surface area (Å²) in [5.41, 5.74) is 0. The van der Waals surface area contributed by atoms with Gasteiger partial charge in [-0.15, -0.1) is 0 Å². The predicted molar refractivity (Wildman–Crippen MR) is 65.3 cm³/mol. The Morgan fingerprint density at radius 3 is 2.56 bits per heavy atom. The van der Waals surface area contributed by atoms with Crippen molar-refractivity contribution < 1.29 is 8.42 Å². The first-order valence-corrected chi connectivity index (χ1v) is 7.99. The van der Waals surface area contributed by atoms with Gasteiger partial charge in [-0.25, -0.2) is 8.42 Å². The molecule has 0 radical (unpaired) electrons. The molecule has 0 spiro atoms. The summed E-state index contributed by atoms with van der Waals surface area (Å²) in [5.74, 6) is 0.669. The average molecular weight is 246 g/mol. The van der Waals surface area contributed by atoms with Crippen LogP contribution in [0, 0.1) is 0 Å². The fraction of sp³-hybridized carbons (Fsp3) is 1.00. The minimum atomic E-state index is -2.78. The van der Waals surface area contributed by atoms with E-state index in [-0.39, 0.29) is 6.04 Å². The van der Waals surface area contributed by atoms with Gasteiger partial charge in [0.15, 0.2) is 9.84 Å². The number of hydrogen-bond acceptors (Lipinski definition) is 4. The van der Waals surface area contributed by atoms with Gasteiger partial charge < -0.3 is 5.32 Å². The summed E-state index contributed by atoms with van der Waals surface area (Å²) in [4.78, 5) is 2.37. The van der Waals surface area contributed by atoms with Crippen molar-refractivity contribution in [3.8, 4) is 0 Å². The summed E-state index contributed by atoms with van der Waals surface area (Å²) in [7, 11) is -2.78. The Labute approximate surface area is 98.3 Å². The molecule has 16 heavy (non-hydrogen) atoms. The van der Waals surface area contributed by atoms with Gasteiger partial charge in [0.05, 0.1) is 11.5 Å². The Kier molecular flexibility index (Phi) is 3.56. The lowest BCUT2D eigenvalue weighted by Crippen LogP contribution is -2.56. The SMILES string of the molecule is CC1CCC(N2CCS(=O)(=O)CC2C)CN1. The van der Waals surface area contributed by atoms with Gasteiger partial charge in [-0.1, -0.05) is 0 Å². The molecule has 3 unspecified atom stereocenters. The smallest absolute Gasteiger partial charge is 0.153 e. The van der Waals surface area contributed by atoms with Gasteiger partial charge >= 0.3 is 0 Å². The lowest BCUT2D eigenvalue weighted by molar-refractivity contribution is 0.124. The van der Waals surface area contributed by atoms with Crippen molar-refractivity contribution >= 4 is 9.84 Å². The Balaban J connectivity index is 1.95. The summed E-state index contributed by atoms with van der Waals surface area (Å²) in [6, 6.07) is 1.32. The average Bonchev–Trinajstić information content (AvgIpc) is 2.19. The third kappa shape index (κ3) is 2.76. The number of piperidine rings is 1. The molecule has 5 heteroatoms. The third-order valence-electron chi connectivity index (χ3n) is 3.83. The molecule has 2 aliphatic heterocycles. The fourth-order valence-electron chi connectivity index (χ4n) is 2.82. The van der Waals surface area contributed by atoms with E-state index in [2.05, 4.69) is 17.1 Å². The Morgan fingerprint density at radius 2 is 2.00 bits per heavy atom. The minimum Gasteiger partial charge on any atom is -0.313 e. The molecule has 4 nitrogen and oxygen atoms in total. The molecule has 0 aromatic carbocycles. The van der Waals surface area contributed by atoms with E-state index in [1.165, 1.54) is 12.8 Å². The molecular weight excluding hydrogens is 224 g/mol. The van der Waals surface area contributed by atoms with Crippen LogP contribution < -0.4 is 5.32 Å². The molecule has 0 amide bonds. The molecule has 0 bridgehead atoms. The zero-order chi connectivity index (χ0) is 11.8. The monoisotopic (exact) mass is 246 g/mol. The van der Waals surface area contributed by atoms with Crippen molar-refractivity contribution in [3.05, 3.63) is 0 Å². The van der Waals surface area contributed by atoms with Crippen LogP contribution in [0.4, 0.5) is 0 Å². The maximum Gasteiger partial charge on any atom is 0.153 e. The van der Waals surface area contributed by atoms with Crippen LogP contribution in [-0.4, -0.2) is 56.0 Å². The van der Waals surface area contributed by atoms with E-state index in [1.54, 1.807) is 0 Å². The molecule has 2 heterocycles. The number of hydrogen-bond donors (Lipinski definition) is 1. The maximum atomic E-state index is 11.5. The number of rotatable bonds is 1. The molecular formula is C11H22N2O2S. The molecule has 1 N–H and O–H groups in total. The van der Waals surface area contributed by atoms with Crippen LogP contribution >= 0.6 is 0 Å². The Morgan fingerprint density at radius 1 is 1.25 bits per heavy atom. The lowest BCUT2D eigenvalue weighted by atomic mass is 9.99. The van der Waals surface area contributed by atoms with Crippen LogP contribution in [0.1, 0.15) is 26.7 Å². The van der Waals surface area contributed by atoms with Crippen molar-refractivity contribution in [1.82, 2.24) is 10.2 Å². The normalized spacial score (nSPS) is 40.8. The number of sulfone groups is 1. The zero-order valence-corrected chi connectivity index (χ0v) is 11.0. The third-order valence-corrected chi connectivity index (χ3v) is 5.62. The highest BCUT2D eigenvalue weighted by Crippen LogP contribution is 2.20. The molecule has 2 saturated heterocycles. The second-order valence-electron chi connectivity index (χ2n) is 5.24. The van der Waals surface area contributed by atoms with Gasteiger partial charge in [0, 0.05) is 31.2 Å². The molecule has 0 aliphatic carbocycles. The lowest BCUT2D eigenvalue weighted by Gasteiger charge is -2.42. The molecule has 2 rings (SSSR count). The summed E-state index contributed by atoms with van der Waals surface area (Å²) >= 11 is 0.